The minimum Gasteiger partial charge on any atom is -0.296 e. The third-order valence-corrected chi connectivity index (χ3v) is 5.82. The van der Waals surface area contributed by atoms with E-state index < -0.39 is 15.6 Å². The van der Waals surface area contributed by atoms with Gasteiger partial charge in [-0.1, -0.05) is 16.7 Å². The van der Waals surface area contributed by atoms with Crippen LogP contribution in [-0.4, -0.2) is 19.8 Å². The lowest BCUT2D eigenvalue weighted by Gasteiger charge is -2.21. The minimum absolute atomic E-state index is 0.0284. The van der Waals surface area contributed by atoms with Crippen molar-refractivity contribution in [3.8, 4) is 0 Å². The van der Waals surface area contributed by atoms with E-state index in [4.69, 9.17) is 23.4 Å². The second-order valence-electron chi connectivity index (χ2n) is 5.69. The van der Waals surface area contributed by atoms with Crippen molar-refractivity contribution in [2.24, 2.45) is 5.50 Å². The number of rotatable bonds is 14. The zero-order valence-electron chi connectivity index (χ0n) is 14.8. The predicted octanol–water partition coefficient (Wildman–Crippen LogP) is 5.13. The highest BCUT2D eigenvalue weighted by molar-refractivity contribution is 7.63. The lowest BCUT2D eigenvalue weighted by molar-refractivity contribution is 0.146. The molecule has 0 amide bonds. The number of phosphoric acid groups is 1. The van der Waals surface area contributed by atoms with Gasteiger partial charge >= 0.3 is 15.6 Å². The Bertz CT molecular complexity index is 522. The Hall–Kier alpha value is -0.520. The highest BCUT2D eigenvalue weighted by Crippen LogP contribution is 2.62. The van der Waals surface area contributed by atoms with Gasteiger partial charge in [-0.3, -0.25) is 13.6 Å². The molecule has 7 nitrogen and oxygen atoms in total. The van der Waals surface area contributed by atoms with Crippen LogP contribution in [0.2, 0.25) is 0 Å². The number of hydrogen-bond donors (Lipinski definition) is 1. The highest BCUT2D eigenvalue weighted by atomic mass is 31.3. The van der Waals surface area contributed by atoms with E-state index in [2.05, 4.69) is 19.7 Å². The van der Waals surface area contributed by atoms with Gasteiger partial charge in [-0.15, -0.1) is 19.7 Å². The molecule has 0 aliphatic heterocycles. The Morgan fingerprint density at radius 2 is 1.12 bits per heavy atom. The molecule has 0 aromatic heterocycles. The molecule has 1 atom stereocenters. The molecule has 0 saturated carbocycles. The third-order valence-electron chi connectivity index (χ3n) is 2.57. The second-order valence-corrected chi connectivity index (χ2v) is 9.09. The lowest BCUT2D eigenvalue weighted by Crippen LogP contribution is -2.08. The van der Waals surface area contributed by atoms with E-state index in [1.807, 2.05) is 0 Å². The molecule has 2 N–H and O–H groups in total. The molecule has 0 radical (unpaired) electrons. The van der Waals surface area contributed by atoms with Crippen molar-refractivity contribution >= 4 is 15.6 Å². The smallest absolute Gasteiger partial charge is 0.296 e. The zero-order valence-corrected chi connectivity index (χ0v) is 16.6. The van der Waals surface area contributed by atoms with Crippen LogP contribution in [0.1, 0.15) is 40.0 Å². The van der Waals surface area contributed by atoms with E-state index in [1.165, 1.54) is 0 Å². The first-order valence-corrected chi connectivity index (χ1v) is 10.6. The molecule has 1 unspecified atom stereocenters. The van der Waals surface area contributed by atoms with Crippen molar-refractivity contribution in [1.82, 2.24) is 0 Å². The molecule has 0 bridgehead atoms. The molecule has 0 aromatic carbocycles. The quantitative estimate of drug-likeness (QED) is 0.329. The molecule has 0 aliphatic rings. The molecule has 0 heterocycles. The van der Waals surface area contributed by atoms with Crippen LogP contribution >= 0.6 is 15.6 Å². The topological polar surface area (TPSA) is 97.1 Å². The van der Waals surface area contributed by atoms with Crippen LogP contribution in [0.25, 0.3) is 0 Å². The summed E-state index contributed by atoms with van der Waals surface area (Å²) in [5.74, 6) is 0. The summed E-state index contributed by atoms with van der Waals surface area (Å²) in [5, 5.41) is 0. The van der Waals surface area contributed by atoms with Gasteiger partial charge in [-0.05, 0) is 40.0 Å². The van der Waals surface area contributed by atoms with Crippen molar-refractivity contribution < 1.29 is 27.0 Å². The summed E-state index contributed by atoms with van der Waals surface area (Å²) in [6, 6.07) is 0. The monoisotopic (exact) mass is 381 g/mol. The molecular formula is C15H29NO6P2. The second kappa shape index (κ2) is 11.2. The summed E-state index contributed by atoms with van der Waals surface area (Å²) in [6.07, 6.45) is 1.34. The average molecular weight is 381 g/mol. The molecule has 0 spiro atoms. The molecule has 0 aromatic rings. The Kier molecular flexibility index (Phi) is 10.9. The van der Waals surface area contributed by atoms with Crippen LogP contribution in [0, 0.1) is 0 Å². The van der Waals surface area contributed by atoms with Gasteiger partial charge in [0.1, 0.15) is 0 Å². The van der Waals surface area contributed by atoms with Crippen LogP contribution in [0.4, 0.5) is 0 Å². The number of hydrogen-bond acceptors (Lipinski definition) is 6. The van der Waals surface area contributed by atoms with Gasteiger partial charge in [0.15, 0.2) is 0 Å². The molecule has 24 heavy (non-hydrogen) atoms. The maximum Gasteiger partial charge on any atom is 0.483 e. The average Bonchev–Trinajstić information content (AvgIpc) is 2.35. The molecule has 0 rings (SSSR count). The van der Waals surface area contributed by atoms with Crippen molar-refractivity contribution in [2.45, 2.75) is 40.0 Å². The van der Waals surface area contributed by atoms with Gasteiger partial charge in [0.05, 0.1) is 19.8 Å². The van der Waals surface area contributed by atoms with Crippen LogP contribution in [0.15, 0.2) is 36.5 Å². The Balaban J connectivity index is 4.78. The van der Waals surface area contributed by atoms with Gasteiger partial charge in [-0.2, -0.15) is 4.31 Å². The fraction of sp³-hybridized carbons (Fsp3) is 0.600. The standard InChI is InChI=1S/C15H29NO6P2/c1-13(2)7-10-19-23(16,17)22-24(18,20-11-8-14(3)4)21-12-9-15(5)6/h1,3,5,7-12H2,2,4,6H3,(H2,16,17). The van der Waals surface area contributed by atoms with E-state index in [-0.39, 0.29) is 19.8 Å². The molecule has 140 valence electrons. The summed E-state index contributed by atoms with van der Waals surface area (Å²) in [5.41, 5.74) is 7.96. The maximum atomic E-state index is 12.6. The Morgan fingerprint density at radius 3 is 1.46 bits per heavy atom. The molecule has 0 aliphatic carbocycles. The number of phosphoric ester groups is 1. The van der Waals surface area contributed by atoms with Crippen LogP contribution < -0.4 is 5.50 Å². The van der Waals surface area contributed by atoms with Gasteiger partial charge in [0, 0.05) is 0 Å². The van der Waals surface area contributed by atoms with Gasteiger partial charge < -0.3 is 0 Å². The zero-order chi connectivity index (χ0) is 18.8. The molecule has 9 heteroatoms. The summed E-state index contributed by atoms with van der Waals surface area (Å²) in [4.78, 5) is 0. The van der Waals surface area contributed by atoms with E-state index in [9.17, 15) is 9.13 Å². The minimum atomic E-state index is -4.13. The largest absolute Gasteiger partial charge is 0.483 e. The molecule has 0 saturated heterocycles. The van der Waals surface area contributed by atoms with Crippen molar-refractivity contribution in [1.29, 1.82) is 0 Å². The van der Waals surface area contributed by atoms with Crippen LogP contribution in [-0.2, 0) is 27.0 Å². The normalized spacial score (nSPS) is 14.2. The fourth-order valence-electron chi connectivity index (χ4n) is 1.26. The Morgan fingerprint density at radius 1 is 0.792 bits per heavy atom. The maximum absolute atomic E-state index is 12.6. The first-order valence-electron chi connectivity index (χ1n) is 7.52. The molecular weight excluding hydrogens is 352 g/mol. The first kappa shape index (κ1) is 23.5. The predicted molar refractivity (Wildman–Crippen MR) is 96.6 cm³/mol. The highest BCUT2D eigenvalue weighted by Gasteiger charge is 2.36. The van der Waals surface area contributed by atoms with Gasteiger partial charge in [0.2, 0.25) is 0 Å². The lowest BCUT2D eigenvalue weighted by atomic mass is 10.3. The van der Waals surface area contributed by atoms with Gasteiger partial charge in [-0.25, -0.2) is 14.6 Å². The Labute approximate surface area is 145 Å². The van der Waals surface area contributed by atoms with E-state index in [0.717, 1.165) is 16.7 Å². The van der Waals surface area contributed by atoms with E-state index >= 15 is 0 Å². The van der Waals surface area contributed by atoms with E-state index in [1.54, 1.807) is 20.8 Å². The summed E-state index contributed by atoms with van der Waals surface area (Å²) in [7, 11) is -8.23. The SMILES string of the molecule is C=C(C)CCOP(N)(=O)OP(=O)(OCCC(=C)C)OCCC(=C)C. The third kappa shape index (κ3) is 12.8. The summed E-state index contributed by atoms with van der Waals surface area (Å²) >= 11 is 0. The van der Waals surface area contributed by atoms with Crippen molar-refractivity contribution in [3.05, 3.63) is 36.5 Å². The first-order chi connectivity index (χ1) is 11.0. The molecule has 0 fully saturated rings. The number of nitrogens with two attached hydrogens (primary N) is 1. The summed E-state index contributed by atoms with van der Waals surface area (Å²) in [6.45, 7) is 16.6. The van der Waals surface area contributed by atoms with Crippen molar-refractivity contribution in [2.75, 3.05) is 19.8 Å². The van der Waals surface area contributed by atoms with Gasteiger partial charge in [0.25, 0.3) is 0 Å². The fourth-order valence-corrected chi connectivity index (χ4v) is 3.99. The van der Waals surface area contributed by atoms with Crippen LogP contribution in [0.5, 0.6) is 0 Å². The van der Waals surface area contributed by atoms with Crippen molar-refractivity contribution in [3.63, 3.8) is 0 Å². The van der Waals surface area contributed by atoms with Crippen LogP contribution in [0.3, 0.4) is 0 Å². The summed E-state index contributed by atoms with van der Waals surface area (Å²) < 4.78 is 44.9. The van der Waals surface area contributed by atoms with E-state index in [0.29, 0.717) is 19.3 Å².